The highest BCUT2D eigenvalue weighted by atomic mass is 16.5. The van der Waals surface area contributed by atoms with Crippen LogP contribution in [0, 0.1) is 0 Å². The molecule has 0 aliphatic rings. The van der Waals surface area contributed by atoms with E-state index in [4.69, 9.17) is 4.74 Å². The molecule has 0 radical (unpaired) electrons. The fraction of sp³-hybridized carbons (Fsp3) is 0.600. The van der Waals surface area contributed by atoms with Crippen molar-refractivity contribution in [2.24, 2.45) is 0 Å². The summed E-state index contributed by atoms with van der Waals surface area (Å²) in [5.74, 6) is 0. The Labute approximate surface area is 105 Å². The molecule has 1 rings (SSSR count). The minimum atomic E-state index is 0.465. The number of aryl methyl sites for hydroxylation is 1. The molecule has 0 saturated heterocycles. The van der Waals surface area contributed by atoms with Gasteiger partial charge in [-0.05, 0) is 38.3 Å². The first kappa shape index (κ1) is 14.2. The lowest BCUT2D eigenvalue weighted by Crippen LogP contribution is -2.31. The molecule has 2 nitrogen and oxygen atoms in total. The average Bonchev–Trinajstić information content (AvgIpc) is 2.37. The fourth-order valence-corrected chi connectivity index (χ4v) is 1.73. The Kier molecular flexibility index (Phi) is 7.69. The molecule has 17 heavy (non-hydrogen) atoms. The largest absolute Gasteiger partial charge is 0.380 e. The predicted molar refractivity (Wildman–Crippen MR) is 73.3 cm³/mol. The lowest BCUT2D eigenvalue weighted by atomic mass is 10.1. The lowest BCUT2D eigenvalue weighted by molar-refractivity contribution is 0.113. The number of hydrogen-bond donors (Lipinski definition) is 1. The molecule has 0 aliphatic heterocycles. The van der Waals surface area contributed by atoms with Gasteiger partial charge < -0.3 is 10.1 Å². The maximum atomic E-state index is 5.65. The second-order valence-electron chi connectivity index (χ2n) is 4.52. The Morgan fingerprint density at radius 1 is 1.24 bits per heavy atom. The molecule has 1 atom stereocenters. The normalized spacial score (nSPS) is 12.6. The highest BCUT2D eigenvalue weighted by Gasteiger charge is 1.99. The molecule has 0 aromatic heterocycles. The Balaban J connectivity index is 1.97. The van der Waals surface area contributed by atoms with Crippen molar-refractivity contribution in [3.8, 4) is 0 Å². The first-order chi connectivity index (χ1) is 8.33. The Morgan fingerprint density at radius 2 is 2.00 bits per heavy atom. The van der Waals surface area contributed by atoms with Crippen LogP contribution in [0.4, 0.5) is 0 Å². The van der Waals surface area contributed by atoms with Gasteiger partial charge in [0.25, 0.3) is 0 Å². The van der Waals surface area contributed by atoms with Gasteiger partial charge in [0.2, 0.25) is 0 Å². The summed E-state index contributed by atoms with van der Waals surface area (Å²) in [6.45, 7) is 7.10. The van der Waals surface area contributed by atoms with Crippen LogP contribution in [-0.4, -0.2) is 25.8 Å². The third-order valence-corrected chi connectivity index (χ3v) is 2.71. The monoisotopic (exact) mass is 235 g/mol. The van der Waals surface area contributed by atoms with Crippen molar-refractivity contribution in [3.05, 3.63) is 35.9 Å². The maximum Gasteiger partial charge on any atom is 0.0616 e. The van der Waals surface area contributed by atoms with Gasteiger partial charge in [-0.15, -0.1) is 0 Å². The third-order valence-electron chi connectivity index (χ3n) is 2.71. The standard InChI is InChI=1S/C15H25NO/c1-3-11-16-14(2)13-17-12-7-10-15-8-5-4-6-9-15/h4-6,8-9,14,16H,3,7,10-13H2,1-2H3. The zero-order valence-corrected chi connectivity index (χ0v) is 11.1. The summed E-state index contributed by atoms with van der Waals surface area (Å²) >= 11 is 0. The minimum absolute atomic E-state index is 0.465. The summed E-state index contributed by atoms with van der Waals surface area (Å²) in [6.07, 6.45) is 3.39. The van der Waals surface area contributed by atoms with E-state index in [9.17, 15) is 0 Å². The molecule has 1 N–H and O–H groups in total. The first-order valence-corrected chi connectivity index (χ1v) is 6.68. The van der Waals surface area contributed by atoms with Crippen LogP contribution in [0.15, 0.2) is 30.3 Å². The fourth-order valence-electron chi connectivity index (χ4n) is 1.73. The molecule has 2 heteroatoms. The van der Waals surface area contributed by atoms with Crippen LogP contribution >= 0.6 is 0 Å². The van der Waals surface area contributed by atoms with Crippen molar-refractivity contribution in [1.82, 2.24) is 5.32 Å². The van der Waals surface area contributed by atoms with E-state index in [1.807, 2.05) is 0 Å². The predicted octanol–water partition coefficient (Wildman–Crippen LogP) is 3.02. The van der Waals surface area contributed by atoms with Crippen molar-refractivity contribution < 1.29 is 4.74 Å². The molecule has 0 heterocycles. The average molecular weight is 235 g/mol. The van der Waals surface area contributed by atoms with E-state index < -0.39 is 0 Å². The van der Waals surface area contributed by atoms with E-state index in [-0.39, 0.29) is 0 Å². The quantitative estimate of drug-likeness (QED) is 0.664. The second-order valence-corrected chi connectivity index (χ2v) is 4.52. The molecule has 0 spiro atoms. The van der Waals surface area contributed by atoms with E-state index in [1.54, 1.807) is 0 Å². The second kappa shape index (κ2) is 9.20. The van der Waals surface area contributed by atoms with Crippen LogP contribution in [0.1, 0.15) is 32.3 Å². The molecule has 0 aliphatic carbocycles. The summed E-state index contributed by atoms with van der Waals surface area (Å²) in [5, 5.41) is 3.42. The number of benzene rings is 1. The van der Waals surface area contributed by atoms with Crippen molar-refractivity contribution in [3.63, 3.8) is 0 Å². The van der Waals surface area contributed by atoms with E-state index in [0.717, 1.165) is 32.6 Å². The lowest BCUT2D eigenvalue weighted by Gasteiger charge is -2.13. The molecule has 96 valence electrons. The van der Waals surface area contributed by atoms with E-state index >= 15 is 0 Å². The van der Waals surface area contributed by atoms with Crippen molar-refractivity contribution in [2.45, 2.75) is 39.2 Å². The zero-order valence-electron chi connectivity index (χ0n) is 11.1. The molecule has 0 saturated carbocycles. The molecular weight excluding hydrogens is 210 g/mol. The topological polar surface area (TPSA) is 21.3 Å². The van der Waals surface area contributed by atoms with Gasteiger partial charge in [-0.3, -0.25) is 0 Å². The molecule has 1 unspecified atom stereocenters. The Bertz CT molecular complexity index is 274. The summed E-state index contributed by atoms with van der Waals surface area (Å²) in [4.78, 5) is 0. The molecule has 1 aromatic rings. The van der Waals surface area contributed by atoms with Crippen LogP contribution in [0.5, 0.6) is 0 Å². The number of rotatable bonds is 9. The van der Waals surface area contributed by atoms with Crippen molar-refractivity contribution in [1.29, 1.82) is 0 Å². The molecule has 0 fully saturated rings. The third kappa shape index (κ3) is 7.14. The summed E-state index contributed by atoms with van der Waals surface area (Å²) in [7, 11) is 0. The number of hydrogen-bond acceptors (Lipinski definition) is 2. The van der Waals surface area contributed by atoms with Gasteiger partial charge in [0.1, 0.15) is 0 Å². The first-order valence-electron chi connectivity index (χ1n) is 6.68. The van der Waals surface area contributed by atoms with Crippen molar-refractivity contribution in [2.75, 3.05) is 19.8 Å². The molecular formula is C15H25NO. The highest BCUT2D eigenvalue weighted by molar-refractivity contribution is 5.14. The van der Waals surface area contributed by atoms with Crippen LogP contribution in [0.25, 0.3) is 0 Å². The SMILES string of the molecule is CCCNC(C)COCCCc1ccccc1. The molecule has 0 bridgehead atoms. The summed E-state index contributed by atoms with van der Waals surface area (Å²) in [6, 6.07) is 11.0. The number of nitrogens with one attached hydrogen (secondary N) is 1. The van der Waals surface area contributed by atoms with Gasteiger partial charge in [-0.1, -0.05) is 37.3 Å². The van der Waals surface area contributed by atoms with Gasteiger partial charge in [0, 0.05) is 12.6 Å². The van der Waals surface area contributed by atoms with Gasteiger partial charge in [0.15, 0.2) is 0 Å². The van der Waals surface area contributed by atoms with Gasteiger partial charge >= 0.3 is 0 Å². The smallest absolute Gasteiger partial charge is 0.0616 e. The summed E-state index contributed by atoms with van der Waals surface area (Å²) < 4.78 is 5.65. The summed E-state index contributed by atoms with van der Waals surface area (Å²) in [5.41, 5.74) is 1.40. The van der Waals surface area contributed by atoms with Crippen LogP contribution in [0.2, 0.25) is 0 Å². The Morgan fingerprint density at radius 3 is 2.71 bits per heavy atom. The van der Waals surface area contributed by atoms with Crippen LogP contribution in [0.3, 0.4) is 0 Å². The van der Waals surface area contributed by atoms with Gasteiger partial charge in [0.05, 0.1) is 6.61 Å². The zero-order chi connectivity index (χ0) is 12.3. The van der Waals surface area contributed by atoms with E-state index in [2.05, 4.69) is 49.5 Å². The highest BCUT2D eigenvalue weighted by Crippen LogP contribution is 2.02. The van der Waals surface area contributed by atoms with E-state index in [0.29, 0.717) is 6.04 Å². The van der Waals surface area contributed by atoms with Crippen LogP contribution in [-0.2, 0) is 11.2 Å². The van der Waals surface area contributed by atoms with Gasteiger partial charge in [-0.2, -0.15) is 0 Å². The minimum Gasteiger partial charge on any atom is -0.380 e. The van der Waals surface area contributed by atoms with E-state index in [1.165, 1.54) is 12.0 Å². The number of ether oxygens (including phenoxy) is 1. The van der Waals surface area contributed by atoms with Crippen LogP contribution < -0.4 is 5.32 Å². The molecule has 0 amide bonds. The maximum absolute atomic E-state index is 5.65. The Hall–Kier alpha value is -0.860. The van der Waals surface area contributed by atoms with Gasteiger partial charge in [-0.25, -0.2) is 0 Å². The van der Waals surface area contributed by atoms with Crippen molar-refractivity contribution >= 4 is 0 Å². The molecule has 1 aromatic carbocycles.